The minimum atomic E-state index is -4.47. The van der Waals surface area contributed by atoms with Crippen molar-refractivity contribution >= 4 is 0 Å². The standard InChI is InChI=1S/C26H26O3.C23H28O4.C23H26O4.C21H21F3O3/c1-26(2)13-12-22-24(29-26)11-9-19-14-20(16-28-25(19)22)21-10-8-18(15-23(21)27)17-6-4-3-5-7-17;1-23(2)10-8-19-21(27-23)7-5-16-13-17(14-26-22(16)19)18-6-4-15(9-11-25-3)12-20(18)24;1-4-11-25-17-6-7-18(20(24)13-17)16-12-15-5-8-21-19(22(15)26-14-16)9-10-23(2,3)27-21;1-20(2)8-7-16-18(27-20)6-3-12-9-13(11-26-19(12)16)15-5-4-14(10-17(15)25)21(22,23)24/h3-11,15,20,27H,12-14,16H2,1-2H3;4-7,12,17,24H,8-11,13-14H2,1-3H3;4-8,13,16,24H,1,9-12,14H2,2-3H3;3-6,10,13,25H,7-9,11H2,1-2H3. The van der Waals surface area contributed by atoms with Crippen LogP contribution in [0, 0.1) is 0 Å². The van der Waals surface area contributed by atoms with Crippen LogP contribution in [-0.2, 0) is 68.7 Å². The minimum absolute atomic E-state index is 0.116. The van der Waals surface area contributed by atoms with E-state index in [2.05, 4.69) is 123 Å². The van der Waals surface area contributed by atoms with Crippen LogP contribution >= 0.6 is 0 Å². The van der Waals surface area contributed by atoms with E-state index >= 15 is 0 Å². The fraction of sp³-hybridized carbons (Fsp3) is 0.398. The summed E-state index contributed by atoms with van der Waals surface area (Å²) in [6.07, 6.45) is 8.84. The van der Waals surface area contributed by atoms with Crippen LogP contribution in [0.4, 0.5) is 13.2 Å². The highest BCUT2D eigenvalue weighted by molar-refractivity contribution is 5.67. The highest BCUT2D eigenvalue weighted by Gasteiger charge is 2.39. The molecule has 578 valence electrons. The molecule has 17 rings (SSSR count). The fourth-order valence-corrected chi connectivity index (χ4v) is 16.4. The highest BCUT2D eigenvalue weighted by atomic mass is 19.4. The molecule has 0 aliphatic carbocycles. The van der Waals surface area contributed by atoms with E-state index in [1.807, 2.05) is 66.7 Å². The third-order valence-electron chi connectivity index (χ3n) is 22.5. The number of benzene rings is 9. The Bertz CT molecular complexity index is 4860. The van der Waals surface area contributed by atoms with E-state index in [9.17, 15) is 33.6 Å². The largest absolute Gasteiger partial charge is 0.508 e. The maximum absolute atomic E-state index is 12.8. The predicted octanol–water partition coefficient (Wildman–Crippen LogP) is 20.3. The van der Waals surface area contributed by atoms with E-state index in [1.165, 1.54) is 39.4 Å². The molecular formula is C93H101F3O14. The number of aromatic hydroxyl groups is 4. The topological polar surface area (TPSA) is 173 Å². The summed E-state index contributed by atoms with van der Waals surface area (Å²) in [7, 11) is 1.69. The normalized spacial score (nSPS) is 20.1. The summed E-state index contributed by atoms with van der Waals surface area (Å²) < 4.78 is 98.1. The molecular weight excluding hydrogens is 1400 g/mol. The summed E-state index contributed by atoms with van der Waals surface area (Å²) in [6, 6.07) is 47.2. The quantitative estimate of drug-likeness (QED) is 0.0901. The van der Waals surface area contributed by atoms with Gasteiger partial charge in [0, 0.05) is 81.4 Å². The first-order valence-corrected chi connectivity index (χ1v) is 38.6. The van der Waals surface area contributed by atoms with E-state index < -0.39 is 11.7 Å². The van der Waals surface area contributed by atoms with Crippen molar-refractivity contribution in [2.75, 3.05) is 46.8 Å². The zero-order chi connectivity index (χ0) is 77.4. The van der Waals surface area contributed by atoms with Gasteiger partial charge in [-0.2, -0.15) is 13.2 Å². The fourth-order valence-electron chi connectivity index (χ4n) is 16.4. The SMILES string of the molecule is C=CCOc1ccc(C2COc3c(ccc4c3CCC(C)(C)O4)C2)c(O)c1.CC1(C)CCc2c(ccc3c2OCC(c2ccc(-c4ccccc4)cc2O)C3)O1.CC1(C)CCc2c(ccc3c2OCC(c2ccc(C(F)(F)F)cc2O)C3)O1.COCCc1ccc(C2COc3c(ccc4c3CCC(C)(C)O4)C2)c(O)c1. The van der Waals surface area contributed by atoms with Crippen LogP contribution in [-0.4, -0.2) is 89.6 Å². The molecule has 0 amide bonds. The number of fused-ring (bicyclic) bond motifs is 12. The van der Waals surface area contributed by atoms with Crippen molar-refractivity contribution in [3.8, 4) is 85.9 Å². The van der Waals surface area contributed by atoms with Crippen LogP contribution in [0.15, 0.2) is 164 Å². The van der Waals surface area contributed by atoms with Crippen molar-refractivity contribution in [1.82, 2.24) is 0 Å². The first kappa shape index (κ1) is 76.6. The number of phenolic OH excluding ortho intramolecular Hbond substituents is 4. The second kappa shape index (κ2) is 31.3. The Kier molecular flexibility index (Phi) is 21.8. The molecule has 0 fully saturated rings. The molecule has 4 unspecified atom stereocenters. The Morgan fingerprint density at radius 3 is 1.15 bits per heavy atom. The molecule has 0 spiro atoms. The molecule has 9 aromatic carbocycles. The lowest BCUT2D eigenvalue weighted by Gasteiger charge is -2.35. The minimum Gasteiger partial charge on any atom is -0.508 e. The summed E-state index contributed by atoms with van der Waals surface area (Å²) in [5, 5.41) is 41.8. The zero-order valence-corrected chi connectivity index (χ0v) is 64.5. The number of halogens is 3. The molecule has 9 aromatic rings. The van der Waals surface area contributed by atoms with Gasteiger partial charge in [0.05, 0.1) is 38.6 Å². The Morgan fingerprint density at radius 1 is 0.427 bits per heavy atom. The first-order valence-electron chi connectivity index (χ1n) is 38.6. The van der Waals surface area contributed by atoms with Gasteiger partial charge in [0.2, 0.25) is 0 Å². The highest BCUT2D eigenvalue weighted by Crippen LogP contribution is 2.51. The third kappa shape index (κ3) is 17.1. The number of ether oxygens (including phenoxy) is 10. The second-order valence-corrected chi connectivity index (χ2v) is 32.8. The zero-order valence-electron chi connectivity index (χ0n) is 64.5. The van der Waals surface area contributed by atoms with Gasteiger partial charge in [0.1, 0.15) is 104 Å². The molecule has 110 heavy (non-hydrogen) atoms. The lowest BCUT2D eigenvalue weighted by molar-refractivity contribution is -0.137. The van der Waals surface area contributed by atoms with Gasteiger partial charge in [-0.05, 0) is 232 Å². The number of hydrogen-bond donors (Lipinski definition) is 4. The maximum atomic E-state index is 12.8. The van der Waals surface area contributed by atoms with Crippen LogP contribution in [0.2, 0.25) is 0 Å². The molecule has 8 aliphatic heterocycles. The lowest BCUT2D eigenvalue weighted by Crippen LogP contribution is -2.33. The Labute approximate surface area is 643 Å². The van der Waals surface area contributed by atoms with Gasteiger partial charge < -0.3 is 67.8 Å². The molecule has 17 heteroatoms. The lowest BCUT2D eigenvalue weighted by atomic mass is 9.86. The molecule has 0 saturated carbocycles. The maximum Gasteiger partial charge on any atom is 0.416 e. The molecule has 0 aromatic heterocycles. The van der Waals surface area contributed by atoms with Crippen molar-refractivity contribution in [2.24, 2.45) is 0 Å². The van der Waals surface area contributed by atoms with Gasteiger partial charge in [0.15, 0.2) is 0 Å². The van der Waals surface area contributed by atoms with Crippen LogP contribution in [0.3, 0.4) is 0 Å². The van der Waals surface area contributed by atoms with Crippen LogP contribution in [0.1, 0.15) is 183 Å². The smallest absolute Gasteiger partial charge is 0.416 e. The molecule has 0 saturated heterocycles. The van der Waals surface area contributed by atoms with Crippen molar-refractivity contribution in [3.63, 3.8) is 0 Å². The number of alkyl halides is 3. The number of methoxy groups -OCH3 is 1. The van der Waals surface area contributed by atoms with Gasteiger partial charge in [-0.25, -0.2) is 0 Å². The van der Waals surface area contributed by atoms with E-state index in [4.69, 9.17) is 47.4 Å². The van der Waals surface area contributed by atoms with E-state index in [0.29, 0.717) is 68.9 Å². The summed E-state index contributed by atoms with van der Waals surface area (Å²) in [4.78, 5) is 0. The van der Waals surface area contributed by atoms with Gasteiger partial charge in [-0.1, -0.05) is 104 Å². The second-order valence-electron chi connectivity index (χ2n) is 32.8. The molecule has 0 radical (unpaired) electrons. The number of rotatable bonds is 11. The van der Waals surface area contributed by atoms with Crippen molar-refractivity contribution in [3.05, 3.63) is 242 Å². The molecule has 0 bridgehead atoms. The Hall–Kier alpha value is -10.1. The number of hydrogen-bond acceptors (Lipinski definition) is 14. The third-order valence-corrected chi connectivity index (χ3v) is 22.5. The summed E-state index contributed by atoms with van der Waals surface area (Å²) >= 11 is 0. The van der Waals surface area contributed by atoms with Gasteiger partial charge in [-0.3, -0.25) is 0 Å². The van der Waals surface area contributed by atoms with Crippen LogP contribution < -0.4 is 42.6 Å². The van der Waals surface area contributed by atoms with Gasteiger partial charge in [-0.15, -0.1) is 0 Å². The molecule has 14 nitrogen and oxygen atoms in total. The summed E-state index contributed by atoms with van der Waals surface area (Å²) in [5.74, 6) is 8.93. The predicted molar refractivity (Wildman–Crippen MR) is 420 cm³/mol. The molecule has 4 atom stereocenters. The first-order chi connectivity index (χ1) is 52.6. The Balaban J connectivity index is 0.000000122. The molecule has 8 heterocycles. The van der Waals surface area contributed by atoms with E-state index in [0.717, 1.165) is 180 Å². The monoisotopic (exact) mass is 1500 g/mol. The van der Waals surface area contributed by atoms with Crippen molar-refractivity contribution in [2.45, 2.75) is 191 Å². The van der Waals surface area contributed by atoms with Crippen molar-refractivity contribution in [1.29, 1.82) is 0 Å². The van der Waals surface area contributed by atoms with Gasteiger partial charge >= 0.3 is 6.18 Å². The van der Waals surface area contributed by atoms with Crippen LogP contribution in [0.25, 0.3) is 11.1 Å². The number of phenols is 4. The van der Waals surface area contributed by atoms with Gasteiger partial charge in [0.25, 0.3) is 0 Å². The van der Waals surface area contributed by atoms with E-state index in [-0.39, 0.29) is 57.6 Å². The average Bonchev–Trinajstić information content (AvgIpc) is 0.781. The van der Waals surface area contributed by atoms with E-state index in [1.54, 1.807) is 19.3 Å². The molecule has 8 aliphatic rings. The summed E-state index contributed by atoms with van der Waals surface area (Å²) in [5.41, 5.74) is 14.3. The molecule has 4 N–H and O–H groups in total. The van der Waals surface area contributed by atoms with Crippen LogP contribution in [0.5, 0.6) is 74.7 Å². The van der Waals surface area contributed by atoms with Crippen molar-refractivity contribution < 1.29 is 81.0 Å². The Morgan fingerprint density at radius 2 is 0.791 bits per heavy atom. The summed E-state index contributed by atoms with van der Waals surface area (Å²) in [6.45, 7) is 23.6. The average molecular weight is 1500 g/mol.